The summed E-state index contributed by atoms with van der Waals surface area (Å²) in [6.45, 7) is 5.29. The quantitative estimate of drug-likeness (QED) is 0.869. The van der Waals surface area contributed by atoms with Crippen molar-refractivity contribution in [3.8, 4) is 11.5 Å². The Kier molecular flexibility index (Phi) is 3.89. The molecule has 2 aliphatic rings. The number of hydrogen-bond donors (Lipinski definition) is 1. The molecule has 1 N–H and O–H groups in total. The van der Waals surface area contributed by atoms with Crippen LogP contribution in [0.4, 0.5) is 0 Å². The van der Waals surface area contributed by atoms with E-state index in [2.05, 4.69) is 10.2 Å². The van der Waals surface area contributed by atoms with Crippen molar-refractivity contribution in [2.45, 2.75) is 12.5 Å². The van der Waals surface area contributed by atoms with Gasteiger partial charge in [0.1, 0.15) is 6.61 Å². The first-order valence-electron chi connectivity index (χ1n) is 7.08. The van der Waals surface area contributed by atoms with Crippen LogP contribution in [0.25, 0.3) is 0 Å². The number of ether oxygens (including phenoxy) is 2. The van der Waals surface area contributed by atoms with Crippen molar-refractivity contribution in [1.82, 2.24) is 10.2 Å². The van der Waals surface area contributed by atoms with Crippen molar-refractivity contribution in [3.63, 3.8) is 0 Å². The maximum Gasteiger partial charge on any atom is 0.161 e. The Morgan fingerprint density at radius 2 is 2.11 bits per heavy atom. The summed E-state index contributed by atoms with van der Waals surface area (Å²) in [6, 6.07) is 8.53. The Balaban J connectivity index is 1.46. The van der Waals surface area contributed by atoms with Crippen molar-refractivity contribution in [1.29, 1.82) is 0 Å². The van der Waals surface area contributed by atoms with E-state index >= 15 is 0 Å². The van der Waals surface area contributed by atoms with Crippen LogP contribution in [0.15, 0.2) is 24.3 Å². The standard InChI is InChI=1S/C15H22N2O2/c1-18-14-4-2-3-5-15(14)19-9-8-17-10-12-6-7-16-13(12)11-17/h2-5,12-13,16H,6-11H2,1H3/t12-,13+/m0/s1. The Bertz CT molecular complexity index is 412. The molecule has 0 amide bonds. The first-order chi connectivity index (χ1) is 9.36. The van der Waals surface area contributed by atoms with Crippen LogP contribution < -0.4 is 14.8 Å². The number of benzene rings is 1. The van der Waals surface area contributed by atoms with Crippen molar-refractivity contribution in [2.75, 3.05) is 39.9 Å². The Morgan fingerprint density at radius 1 is 1.26 bits per heavy atom. The van der Waals surface area contributed by atoms with E-state index in [1.165, 1.54) is 26.1 Å². The highest BCUT2D eigenvalue weighted by Gasteiger charge is 2.35. The summed E-state index contributed by atoms with van der Waals surface area (Å²) in [5.74, 6) is 2.50. The Morgan fingerprint density at radius 3 is 2.89 bits per heavy atom. The van der Waals surface area contributed by atoms with Gasteiger partial charge in [0.15, 0.2) is 11.5 Å². The third kappa shape index (κ3) is 2.85. The van der Waals surface area contributed by atoms with Gasteiger partial charge < -0.3 is 14.8 Å². The summed E-state index contributed by atoms with van der Waals surface area (Å²) < 4.78 is 11.1. The summed E-state index contributed by atoms with van der Waals surface area (Å²) in [7, 11) is 1.68. The second-order valence-corrected chi connectivity index (χ2v) is 5.37. The first kappa shape index (κ1) is 12.8. The minimum absolute atomic E-state index is 0.714. The van der Waals surface area contributed by atoms with E-state index in [1.54, 1.807) is 7.11 Å². The topological polar surface area (TPSA) is 33.7 Å². The van der Waals surface area contributed by atoms with Gasteiger partial charge in [-0.15, -0.1) is 0 Å². The predicted molar refractivity (Wildman–Crippen MR) is 74.8 cm³/mol. The summed E-state index contributed by atoms with van der Waals surface area (Å²) in [4.78, 5) is 2.50. The smallest absolute Gasteiger partial charge is 0.161 e. The average Bonchev–Trinajstić information content (AvgIpc) is 3.00. The van der Waals surface area contributed by atoms with Crippen molar-refractivity contribution in [2.24, 2.45) is 5.92 Å². The molecule has 0 aromatic heterocycles. The van der Waals surface area contributed by atoms with Gasteiger partial charge in [0.05, 0.1) is 7.11 Å². The fourth-order valence-corrected chi connectivity index (χ4v) is 3.14. The van der Waals surface area contributed by atoms with E-state index in [0.717, 1.165) is 30.6 Å². The van der Waals surface area contributed by atoms with E-state index in [-0.39, 0.29) is 0 Å². The average molecular weight is 262 g/mol. The van der Waals surface area contributed by atoms with E-state index in [4.69, 9.17) is 9.47 Å². The third-order valence-electron chi connectivity index (χ3n) is 4.17. The molecule has 2 aliphatic heterocycles. The third-order valence-corrected chi connectivity index (χ3v) is 4.17. The summed E-state index contributed by atoms with van der Waals surface area (Å²) in [6.07, 6.45) is 1.33. The molecule has 0 radical (unpaired) electrons. The van der Waals surface area contributed by atoms with Gasteiger partial charge in [-0.25, -0.2) is 0 Å². The molecule has 0 saturated carbocycles. The number of para-hydroxylation sites is 2. The molecule has 0 bridgehead atoms. The van der Waals surface area contributed by atoms with Crippen LogP contribution in [0.1, 0.15) is 6.42 Å². The van der Waals surface area contributed by atoms with Crippen LogP contribution in [-0.4, -0.2) is 50.8 Å². The number of rotatable bonds is 5. The van der Waals surface area contributed by atoms with E-state index in [1.807, 2.05) is 24.3 Å². The zero-order valence-electron chi connectivity index (χ0n) is 11.5. The fraction of sp³-hybridized carbons (Fsp3) is 0.600. The second-order valence-electron chi connectivity index (χ2n) is 5.37. The molecule has 1 aromatic carbocycles. The summed E-state index contributed by atoms with van der Waals surface area (Å²) in [5.41, 5.74) is 0. The number of fused-ring (bicyclic) bond motifs is 1. The minimum atomic E-state index is 0.714. The molecular formula is C15H22N2O2. The van der Waals surface area contributed by atoms with Crippen LogP contribution in [-0.2, 0) is 0 Å². The SMILES string of the molecule is COc1ccccc1OCCN1C[C@@H]2CCN[C@@H]2C1. The molecule has 2 heterocycles. The van der Waals surface area contributed by atoms with Gasteiger partial charge in [-0.3, -0.25) is 4.90 Å². The fourth-order valence-electron chi connectivity index (χ4n) is 3.14. The predicted octanol–water partition coefficient (Wildman–Crippen LogP) is 1.37. The van der Waals surface area contributed by atoms with Gasteiger partial charge in [0.2, 0.25) is 0 Å². The minimum Gasteiger partial charge on any atom is -0.493 e. The van der Waals surface area contributed by atoms with Crippen LogP contribution in [0.3, 0.4) is 0 Å². The number of methoxy groups -OCH3 is 1. The number of likely N-dealkylation sites (tertiary alicyclic amines) is 1. The Hall–Kier alpha value is -1.26. The van der Waals surface area contributed by atoms with Crippen LogP contribution in [0.2, 0.25) is 0 Å². The maximum atomic E-state index is 5.83. The van der Waals surface area contributed by atoms with Crippen LogP contribution in [0, 0.1) is 5.92 Å². The highest BCUT2D eigenvalue weighted by molar-refractivity contribution is 5.39. The molecule has 4 heteroatoms. The van der Waals surface area contributed by atoms with Crippen molar-refractivity contribution >= 4 is 0 Å². The molecule has 2 fully saturated rings. The monoisotopic (exact) mass is 262 g/mol. The molecule has 4 nitrogen and oxygen atoms in total. The molecule has 3 rings (SSSR count). The molecule has 104 valence electrons. The van der Waals surface area contributed by atoms with Gasteiger partial charge >= 0.3 is 0 Å². The Labute approximate surface area is 114 Å². The largest absolute Gasteiger partial charge is 0.493 e. The normalized spacial score (nSPS) is 26.4. The van der Waals surface area contributed by atoms with E-state index in [0.29, 0.717) is 6.04 Å². The summed E-state index contributed by atoms with van der Waals surface area (Å²) >= 11 is 0. The van der Waals surface area contributed by atoms with E-state index < -0.39 is 0 Å². The van der Waals surface area contributed by atoms with Gasteiger partial charge in [-0.1, -0.05) is 12.1 Å². The molecule has 0 aliphatic carbocycles. The highest BCUT2D eigenvalue weighted by Crippen LogP contribution is 2.26. The van der Waals surface area contributed by atoms with Gasteiger partial charge in [-0.05, 0) is 31.0 Å². The molecular weight excluding hydrogens is 240 g/mol. The van der Waals surface area contributed by atoms with Crippen LogP contribution >= 0.6 is 0 Å². The molecule has 19 heavy (non-hydrogen) atoms. The lowest BCUT2D eigenvalue weighted by Gasteiger charge is -2.17. The number of nitrogens with one attached hydrogen (secondary N) is 1. The van der Waals surface area contributed by atoms with Gasteiger partial charge in [0, 0.05) is 25.7 Å². The van der Waals surface area contributed by atoms with Gasteiger partial charge in [0.25, 0.3) is 0 Å². The maximum absolute atomic E-state index is 5.83. The zero-order chi connectivity index (χ0) is 13.1. The molecule has 0 unspecified atom stereocenters. The zero-order valence-corrected chi connectivity index (χ0v) is 11.5. The highest BCUT2D eigenvalue weighted by atomic mass is 16.5. The second kappa shape index (κ2) is 5.80. The van der Waals surface area contributed by atoms with E-state index in [9.17, 15) is 0 Å². The number of nitrogens with zero attached hydrogens (tertiary/aromatic N) is 1. The molecule has 1 aromatic rings. The molecule has 2 atom stereocenters. The van der Waals surface area contributed by atoms with Crippen molar-refractivity contribution < 1.29 is 9.47 Å². The van der Waals surface area contributed by atoms with Crippen molar-refractivity contribution in [3.05, 3.63) is 24.3 Å². The molecule has 0 spiro atoms. The lowest BCUT2D eigenvalue weighted by molar-refractivity contribution is 0.222. The number of hydrogen-bond acceptors (Lipinski definition) is 4. The first-order valence-corrected chi connectivity index (χ1v) is 7.08. The lowest BCUT2D eigenvalue weighted by Crippen LogP contribution is -2.32. The summed E-state index contributed by atoms with van der Waals surface area (Å²) in [5, 5.41) is 3.57. The van der Waals surface area contributed by atoms with Crippen LogP contribution in [0.5, 0.6) is 11.5 Å². The van der Waals surface area contributed by atoms with Gasteiger partial charge in [-0.2, -0.15) is 0 Å². The lowest BCUT2D eigenvalue weighted by atomic mass is 10.1. The molecule has 2 saturated heterocycles.